The first-order valence-corrected chi connectivity index (χ1v) is 8.98. The average molecular weight is 324 g/mol. The Morgan fingerprint density at radius 3 is 2.62 bits per heavy atom. The van der Waals surface area contributed by atoms with E-state index in [0.717, 1.165) is 47.8 Å². The predicted octanol–water partition coefficient (Wildman–Crippen LogP) is 3.36. The first kappa shape index (κ1) is 15.6. The van der Waals surface area contributed by atoms with E-state index in [4.69, 9.17) is 9.72 Å². The number of pyridine rings is 1. The molecule has 24 heavy (non-hydrogen) atoms. The molecule has 4 heteroatoms. The number of rotatable bonds is 1. The van der Waals surface area contributed by atoms with Crippen LogP contribution >= 0.6 is 0 Å². The molecule has 2 aromatic rings. The SMILES string of the molecule is C[C@H]1CN(C(=O)c2c3c(nc4ccccc24)CCCC3)C[C@H](C)O1. The largest absolute Gasteiger partial charge is 0.372 e. The second-order valence-electron chi connectivity index (χ2n) is 7.10. The van der Waals surface area contributed by atoms with Crippen molar-refractivity contribution in [3.8, 4) is 0 Å². The first-order valence-electron chi connectivity index (χ1n) is 8.98. The van der Waals surface area contributed by atoms with Crippen molar-refractivity contribution in [2.45, 2.75) is 51.7 Å². The van der Waals surface area contributed by atoms with Crippen LogP contribution in [0, 0.1) is 0 Å². The summed E-state index contributed by atoms with van der Waals surface area (Å²) >= 11 is 0. The number of hydrogen-bond donors (Lipinski definition) is 0. The van der Waals surface area contributed by atoms with Gasteiger partial charge < -0.3 is 9.64 Å². The fraction of sp³-hybridized carbons (Fsp3) is 0.500. The van der Waals surface area contributed by atoms with Gasteiger partial charge in [-0.25, -0.2) is 0 Å². The normalized spacial score (nSPS) is 24.0. The summed E-state index contributed by atoms with van der Waals surface area (Å²) in [6.07, 6.45) is 4.42. The van der Waals surface area contributed by atoms with Crippen LogP contribution in [0.5, 0.6) is 0 Å². The zero-order valence-corrected chi connectivity index (χ0v) is 14.4. The summed E-state index contributed by atoms with van der Waals surface area (Å²) in [5.74, 6) is 0.147. The molecule has 1 aromatic carbocycles. The summed E-state index contributed by atoms with van der Waals surface area (Å²) in [5.41, 5.74) is 4.13. The van der Waals surface area contributed by atoms with Gasteiger partial charge in [-0.2, -0.15) is 0 Å². The van der Waals surface area contributed by atoms with Crippen LogP contribution in [0.25, 0.3) is 10.9 Å². The number of benzene rings is 1. The molecule has 4 rings (SSSR count). The van der Waals surface area contributed by atoms with Gasteiger partial charge in [-0.15, -0.1) is 0 Å². The number of carbonyl (C=O) groups excluding carboxylic acids is 1. The van der Waals surface area contributed by atoms with E-state index in [1.54, 1.807) is 0 Å². The van der Waals surface area contributed by atoms with Crippen molar-refractivity contribution in [2.75, 3.05) is 13.1 Å². The van der Waals surface area contributed by atoms with Crippen molar-refractivity contribution >= 4 is 16.8 Å². The lowest BCUT2D eigenvalue weighted by molar-refractivity contribution is -0.0586. The Labute approximate surface area is 142 Å². The van der Waals surface area contributed by atoms with Gasteiger partial charge in [0, 0.05) is 24.2 Å². The van der Waals surface area contributed by atoms with Gasteiger partial charge in [-0.05, 0) is 51.2 Å². The highest BCUT2D eigenvalue weighted by atomic mass is 16.5. The minimum atomic E-state index is 0.0848. The van der Waals surface area contributed by atoms with Crippen molar-refractivity contribution in [3.63, 3.8) is 0 Å². The Hall–Kier alpha value is -1.94. The molecular weight excluding hydrogens is 300 g/mol. The number of para-hydroxylation sites is 1. The Kier molecular flexibility index (Phi) is 4.01. The Balaban J connectivity index is 1.84. The van der Waals surface area contributed by atoms with E-state index in [9.17, 15) is 4.79 Å². The van der Waals surface area contributed by atoms with Crippen LogP contribution in [-0.2, 0) is 17.6 Å². The molecule has 2 heterocycles. The van der Waals surface area contributed by atoms with Gasteiger partial charge in [-0.1, -0.05) is 18.2 Å². The number of amides is 1. The molecule has 126 valence electrons. The molecular formula is C20H24N2O2. The zero-order valence-electron chi connectivity index (χ0n) is 14.4. The number of aryl methyl sites for hydroxylation is 1. The van der Waals surface area contributed by atoms with Gasteiger partial charge >= 0.3 is 0 Å². The summed E-state index contributed by atoms with van der Waals surface area (Å²) in [6, 6.07) is 8.06. The van der Waals surface area contributed by atoms with Crippen LogP contribution < -0.4 is 0 Å². The average Bonchev–Trinajstić information content (AvgIpc) is 2.58. The fourth-order valence-electron chi connectivity index (χ4n) is 4.12. The summed E-state index contributed by atoms with van der Waals surface area (Å²) in [6.45, 7) is 5.40. The minimum Gasteiger partial charge on any atom is -0.372 e. The second kappa shape index (κ2) is 6.17. The van der Waals surface area contributed by atoms with Crippen molar-refractivity contribution < 1.29 is 9.53 Å². The molecule has 1 aromatic heterocycles. The molecule has 0 radical (unpaired) electrons. The Morgan fingerprint density at radius 1 is 1.12 bits per heavy atom. The van der Waals surface area contributed by atoms with Crippen LogP contribution in [0.3, 0.4) is 0 Å². The van der Waals surface area contributed by atoms with Crippen molar-refractivity contribution in [1.29, 1.82) is 0 Å². The molecule has 1 fully saturated rings. The summed E-state index contributed by atoms with van der Waals surface area (Å²) in [7, 11) is 0. The third-order valence-electron chi connectivity index (χ3n) is 5.09. The number of carbonyl (C=O) groups is 1. The molecule has 0 N–H and O–H groups in total. The molecule has 1 aliphatic carbocycles. The van der Waals surface area contributed by atoms with Gasteiger partial charge in [-0.3, -0.25) is 9.78 Å². The van der Waals surface area contributed by atoms with Crippen LogP contribution in [0.1, 0.15) is 48.3 Å². The van der Waals surface area contributed by atoms with Gasteiger partial charge in [0.1, 0.15) is 0 Å². The molecule has 2 atom stereocenters. The van der Waals surface area contributed by atoms with Crippen LogP contribution in [0.4, 0.5) is 0 Å². The van der Waals surface area contributed by atoms with E-state index >= 15 is 0 Å². The van der Waals surface area contributed by atoms with Crippen LogP contribution in [0.2, 0.25) is 0 Å². The molecule has 0 spiro atoms. The highest BCUT2D eigenvalue weighted by molar-refractivity contribution is 6.07. The molecule has 0 bridgehead atoms. The van der Waals surface area contributed by atoms with E-state index < -0.39 is 0 Å². The first-order chi connectivity index (χ1) is 11.6. The lowest BCUT2D eigenvalue weighted by Crippen LogP contribution is -2.48. The van der Waals surface area contributed by atoms with E-state index in [-0.39, 0.29) is 18.1 Å². The molecule has 1 amide bonds. The Morgan fingerprint density at radius 2 is 1.83 bits per heavy atom. The quantitative estimate of drug-likeness (QED) is 0.808. The number of ether oxygens (including phenoxy) is 1. The zero-order chi connectivity index (χ0) is 16.7. The number of aromatic nitrogens is 1. The van der Waals surface area contributed by atoms with Crippen LogP contribution in [-0.4, -0.2) is 41.1 Å². The van der Waals surface area contributed by atoms with Crippen molar-refractivity contribution in [3.05, 3.63) is 41.1 Å². The van der Waals surface area contributed by atoms with E-state index in [1.165, 1.54) is 5.56 Å². The van der Waals surface area contributed by atoms with Crippen LogP contribution in [0.15, 0.2) is 24.3 Å². The maximum atomic E-state index is 13.4. The van der Waals surface area contributed by atoms with Gasteiger partial charge in [0.25, 0.3) is 5.91 Å². The topological polar surface area (TPSA) is 42.4 Å². The number of nitrogens with zero attached hydrogens (tertiary/aromatic N) is 2. The van der Waals surface area contributed by atoms with E-state index in [0.29, 0.717) is 13.1 Å². The lowest BCUT2D eigenvalue weighted by Gasteiger charge is -2.36. The molecule has 0 unspecified atom stereocenters. The highest BCUT2D eigenvalue weighted by Crippen LogP contribution is 2.30. The van der Waals surface area contributed by atoms with E-state index in [1.807, 2.05) is 43.0 Å². The standard InChI is InChI=1S/C20H24N2O2/c1-13-11-22(12-14(2)24-13)20(23)19-15-7-3-5-9-17(15)21-18-10-6-4-8-16(18)19/h3,5,7,9,13-14H,4,6,8,10-12H2,1-2H3/t13-,14-/m0/s1. The molecule has 1 aliphatic heterocycles. The van der Waals surface area contributed by atoms with Crippen molar-refractivity contribution in [1.82, 2.24) is 9.88 Å². The number of hydrogen-bond acceptors (Lipinski definition) is 3. The summed E-state index contributed by atoms with van der Waals surface area (Å²) in [4.78, 5) is 20.2. The third kappa shape index (κ3) is 2.69. The fourth-order valence-corrected chi connectivity index (χ4v) is 4.12. The smallest absolute Gasteiger partial charge is 0.255 e. The molecule has 0 saturated carbocycles. The van der Waals surface area contributed by atoms with Gasteiger partial charge in [0.2, 0.25) is 0 Å². The van der Waals surface area contributed by atoms with Gasteiger partial charge in [0.15, 0.2) is 0 Å². The monoisotopic (exact) mass is 324 g/mol. The maximum Gasteiger partial charge on any atom is 0.255 e. The predicted molar refractivity (Wildman–Crippen MR) is 94.3 cm³/mol. The molecule has 2 aliphatic rings. The number of fused-ring (bicyclic) bond motifs is 2. The van der Waals surface area contributed by atoms with Crippen molar-refractivity contribution in [2.24, 2.45) is 0 Å². The van der Waals surface area contributed by atoms with Gasteiger partial charge in [0.05, 0.1) is 23.3 Å². The molecule has 4 nitrogen and oxygen atoms in total. The van der Waals surface area contributed by atoms with E-state index in [2.05, 4.69) is 0 Å². The third-order valence-corrected chi connectivity index (χ3v) is 5.09. The minimum absolute atomic E-state index is 0.0848. The lowest BCUT2D eigenvalue weighted by atomic mass is 9.89. The Bertz CT molecular complexity index is 777. The summed E-state index contributed by atoms with van der Waals surface area (Å²) < 4.78 is 5.80. The highest BCUT2D eigenvalue weighted by Gasteiger charge is 2.30. The molecule has 1 saturated heterocycles. The second-order valence-corrected chi connectivity index (χ2v) is 7.10. The summed E-state index contributed by atoms with van der Waals surface area (Å²) in [5, 5.41) is 0.995. The maximum absolute atomic E-state index is 13.4. The number of morpholine rings is 1.